The molecule has 0 amide bonds. The summed E-state index contributed by atoms with van der Waals surface area (Å²) < 4.78 is 65.5. The van der Waals surface area contributed by atoms with Crippen molar-refractivity contribution in [2.45, 2.75) is 37.9 Å². The minimum absolute atomic E-state index is 0.0234. The number of nitrogens with zero attached hydrogens (tertiary/aromatic N) is 3. The number of hydrogen-bond donors (Lipinski definition) is 1. The molecule has 2 fully saturated rings. The zero-order valence-corrected chi connectivity index (χ0v) is 18.4. The average molecular weight is 481 g/mol. The van der Waals surface area contributed by atoms with E-state index in [1.807, 2.05) is 0 Å². The number of anilines is 2. The van der Waals surface area contributed by atoms with Crippen LogP contribution in [0.5, 0.6) is 5.75 Å². The molecular weight excluding hydrogens is 462 g/mol. The molecule has 4 rings (SSSR count). The van der Waals surface area contributed by atoms with Crippen LogP contribution in [0.1, 0.15) is 25.0 Å². The van der Waals surface area contributed by atoms with E-state index in [1.54, 1.807) is 19.9 Å². The minimum atomic E-state index is -4.77. The molecule has 1 N–H and O–H groups in total. The Bertz CT molecular complexity index is 1140. The van der Waals surface area contributed by atoms with E-state index >= 15 is 0 Å². The van der Waals surface area contributed by atoms with Gasteiger partial charge < -0.3 is 19.5 Å². The van der Waals surface area contributed by atoms with Crippen LogP contribution in [0, 0.1) is 17.1 Å². The molecule has 6 nitrogen and oxygen atoms in total. The van der Waals surface area contributed by atoms with Gasteiger partial charge in [-0.3, -0.25) is 4.90 Å². The fraction of sp³-hybridized carbons (Fsp3) is 0.364. The molecule has 2 aliphatic heterocycles. The van der Waals surface area contributed by atoms with Crippen LogP contribution < -0.4 is 14.5 Å². The number of hydrogen-bond acceptors (Lipinski definition) is 5. The Morgan fingerprint density at radius 1 is 1.24 bits per heavy atom. The maximum Gasteiger partial charge on any atom is 0.417 e. The molecule has 33 heavy (non-hydrogen) atoms. The fourth-order valence-electron chi connectivity index (χ4n) is 3.69. The zero-order chi connectivity index (χ0) is 24.1. The van der Waals surface area contributed by atoms with Crippen LogP contribution in [0.15, 0.2) is 36.4 Å². The first-order valence-corrected chi connectivity index (χ1v) is 10.3. The molecular formula is C22H19F4N3O3S. The lowest BCUT2D eigenvalue weighted by molar-refractivity contribution is -0.137. The molecule has 2 aromatic carbocycles. The van der Waals surface area contributed by atoms with Crippen LogP contribution in [0.2, 0.25) is 0 Å². The summed E-state index contributed by atoms with van der Waals surface area (Å²) in [6.07, 6.45) is -6.18. The van der Waals surface area contributed by atoms with Crippen LogP contribution in [-0.2, 0) is 10.9 Å². The lowest BCUT2D eigenvalue weighted by atomic mass is 10.0. The van der Waals surface area contributed by atoms with Crippen molar-refractivity contribution in [2.24, 2.45) is 0 Å². The lowest BCUT2D eigenvalue weighted by Crippen LogP contribution is -2.47. The summed E-state index contributed by atoms with van der Waals surface area (Å²) in [5.41, 5.74) is -2.56. The Balaban J connectivity index is 1.68. The maximum absolute atomic E-state index is 14.7. The quantitative estimate of drug-likeness (QED) is 0.390. The van der Waals surface area contributed by atoms with E-state index in [9.17, 15) is 22.7 Å². The van der Waals surface area contributed by atoms with E-state index in [0.29, 0.717) is 12.3 Å². The summed E-state index contributed by atoms with van der Waals surface area (Å²) in [6, 6.07) is 8.75. The molecule has 2 heterocycles. The summed E-state index contributed by atoms with van der Waals surface area (Å²) in [5, 5.41) is 20.0. The summed E-state index contributed by atoms with van der Waals surface area (Å²) in [4.78, 5) is 2.62. The summed E-state index contributed by atoms with van der Waals surface area (Å²) in [7, 11) is 0. The number of rotatable bonds is 5. The van der Waals surface area contributed by atoms with Crippen molar-refractivity contribution in [3.8, 4) is 11.8 Å². The molecule has 0 saturated carbocycles. The second kappa shape index (κ2) is 8.13. The Hall–Kier alpha value is -2.94. The zero-order valence-electron chi connectivity index (χ0n) is 17.6. The van der Waals surface area contributed by atoms with Gasteiger partial charge in [0.15, 0.2) is 22.9 Å². The number of thiocarbonyl (C=S) groups is 1. The Morgan fingerprint density at radius 2 is 1.91 bits per heavy atom. The normalized spacial score (nSPS) is 21.8. The van der Waals surface area contributed by atoms with Gasteiger partial charge in [-0.2, -0.15) is 18.4 Å². The summed E-state index contributed by atoms with van der Waals surface area (Å²) >= 11 is 5.50. The molecule has 2 unspecified atom stereocenters. The Labute approximate surface area is 192 Å². The van der Waals surface area contributed by atoms with Gasteiger partial charge in [0.1, 0.15) is 12.7 Å². The van der Waals surface area contributed by atoms with E-state index in [0.717, 1.165) is 17.0 Å². The second-order valence-electron chi connectivity index (χ2n) is 8.24. The third-order valence-corrected chi connectivity index (χ3v) is 5.94. The molecule has 2 aliphatic rings. The number of alkyl halides is 3. The summed E-state index contributed by atoms with van der Waals surface area (Å²) in [6.45, 7) is 4.04. The van der Waals surface area contributed by atoms with Crippen LogP contribution in [0.4, 0.5) is 28.9 Å². The molecule has 2 aromatic rings. The smallest absolute Gasteiger partial charge is 0.417 e. The van der Waals surface area contributed by atoms with Gasteiger partial charge in [-0.1, -0.05) is 0 Å². The Morgan fingerprint density at radius 3 is 2.48 bits per heavy atom. The first kappa shape index (κ1) is 23.2. The van der Waals surface area contributed by atoms with Crippen molar-refractivity contribution in [2.75, 3.05) is 23.0 Å². The predicted molar refractivity (Wildman–Crippen MR) is 115 cm³/mol. The number of ether oxygens (including phenoxy) is 2. The van der Waals surface area contributed by atoms with Gasteiger partial charge in [0, 0.05) is 17.4 Å². The van der Waals surface area contributed by atoms with Crippen LogP contribution in [0.3, 0.4) is 0 Å². The van der Waals surface area contributed by atoms with Crippen LogP contribution >= 0.6 is 12.2 Å². The van der Waals surface area contributed by atoms with Gasteiger partial charge in [-0.05, 0) is 56.4 Å². The third-order valence-electron chi connectivity index (χ3n) is 5.56. The van der Waals surface area contributed by atoms with Gasteiger partial charge in [0.2, 0.25) is 0 Å². The third kappa shape index (κ3) is 4.21. The van der Waals surface area contributed by atoms with E-state index in [1.165, 1.54) is 29.2 Å². The largest absolute Gasteiger partial charge is 0.488 e. The predicted octanol–water partition coefficient (Wildman–Crippen LogP) is 4.20. The molecule has 2 atom stereocenters. The van der Waals surface area contributed by atoms with Crippen LogP contribution in [0.25, 0.3) is 0 Å². The van der Waals surface area contributed by atoms with Gasteiger partial charge in [0.05, 0.1) is 29.3 Å². The van der Waals surface area contributed by atoms with Crippen molar-refractivity contribution in [1.82, 2.24) is 0 Å². The molecule has 0 spiro atoms. The van der Waals surface area contributed by atoms with Crippen molar-refractivity contribution in [3.05, 3.63) is 53.3 Å². The number of aliphatic hydroxyl groups excluding tert-OH is 1. The van der Waals surface area contributed by atoms with E-state index in [2.05, 4.69) is 0 Å². The van der Waals surface area contributed by atoms with Gasteiger partial charge in [-0.15, -0.1) is 0 Å². The number of nitriles is 1. The number of benzene rings is 2. The molecule has 174 valence electrons. The first-order chi connectivity index (χ1) is 15.4. The fourth-order valence-corrected chi connectivity index (χ4v) is 4.24. The monoisotopic (exact) mass is 481 g/mol. The van der Waals surface area contributed by atoms with Gasteiger partial charge in [-0.25, -0.2) is 4.39 Å². The van der Waals surface area contributed by atoms with Gasteiger partial charge >= 0.3 is 6.18 Å². The summed E-state index contributed by atoms with van der Waals surface area (Å²) in [5.74, 6) is -0.631. The molecule has 0 aromatic heterocycles. The highest BCUT2D eigenvalue weighted by molar-refractivity contribution is 7.80. The highest BCUT2D eigenvalue weighted by atomic mass is 32.1. The maximum atomic E-state index is 14.7. The van der Waals surface area contributed by atoms with E-state index in [4.69, 9.17) is 27.0 Å². The van der Waals surface area contributed by atoms with Crippen molar-refractivity contribution in [3.63, 3.8) is 0 Å². The topological polar surface area (TPSA) is 72.3 Å². The van der Waals surface area contributed by atoms with Gasteiger partial charge in [0.25, 0.3) is 0 Å². The van der Waals surface area contributed by atoms with Crippen molar-refractivity contribution in [1.29, 1.82) is 5.26 Å². The second-order valence-corrected chi connectivity index (χ2v) is 8.60. The first-order valence-electron chi connectivity index (χ1n) is 9.92. The highest BCUT2D eigenvalue weighted by Gasteiger charge is 2.50. The van der Waals surface area contributed by atoms with E-state index < -0.39 is 34.9 Å². The number of halogens is 4. The van der Waals surface area contributed by atoms with E-state index in [-0.39, 0.29) is 29.3 Å². The Kier molecular flexibility index (Phi) is 5.72. The number of epoxide rings is 1. The van der Waals surface area contributed by atoms with Crippen LogP contribution in [-0.4, -0.2) is 41.3 Å². The molecule has 2 saturated heterocycles. The molecule has 0 bridgehead atoms. The molecule has 11 heteroatoms. The minimum Gasteiger partial charge on any atom is -0.488 e. The average Bonchev–Trinajstić information content (AvgIpc) is 3.54. The SMILES string of the molecule is CC1(C)C(O)N(c2ccc(C#N)c(C(F)(F)F)c2)C(=S)N1c1ccc(OCC2CO2)c(F)c1. The van der Waals surface area contributed by atoms with Crippen molar-refractivity contribution < 1.29 is 32.1 Å². The molecule has 0 aliphatic carbocycles. The standard InChI is InChI=1S/C22H19F4N3O3S/c1-21(2)19(30)28(13-4-3-12(9-27)16(7-13)22(24,25)26)20(33)29(21)14-5-6-18(17(23)8-14)32-11-15-10-31-15/h3-8,15,19,30H,10-11H2,1-2H3. The van der Waals surface area contributed by atoms with Crippen molar-refractivity contribution >= 4 is 28.7 Å². The highest BCUT2D eigenvalue weighted by Crippen LogP contribution is 2.42. The lowest BCUT2D eigenvalue weighted by Gasteiger charge is -2.33. The molecule has 0 radical (unpaired) electrons. The number of aliphatic hydroxyl groups is 1.